The number of urea groups is 1. The van der Waals surface area contributed by atoms with Crippen LogP contribution in [0.1, 0.15) is 23.1 Å². The van der Waals surface area contributed by atoms with Gasteiger partial charge in [0.15, 0.2) is 0 Å². The molecule has 0 aromatic heterocycles. The Kier molecular flexibility index (Phi) is 3.55. The Bertz CT molecular complexity index is 868. The zero-order valence-electron chi connectivity index (χ0n) is 12.7. The maximum absolute atomic E-state index is 13.0. The third-order valence-corrected chi connectivity index (χ3v) is 5.49. The molecule has 0 radical (unpaired) electrons. The van der Waals surface area contributed by atoms with Crippen molar-refractivity contribution in [1.82, 2.24) is 10.2 Å². The number of hydrogen-bond donors (Lipinski definition) is 1. The average molecular weight is 361 g/mol. The third kappa shape index (κ3) is 2.21. The lowest BCUT2D eigenvalue weighted by Gasteiger charge is -2.22. The van der Waals surface area contributed by atoms with Crippen molar-refractivity contribution in [1.29, 1.82) is 0 Å². The predicted molar refractivity (Wildman–Crippen MR) is 92.0 cm³/mol. The second-order valence-corrected chi connectivity index (χ2v) is 6.95. The highest BCUT2D eigenvalue weighted by Gasteiger charge is 2.55. The molecule has 4 rings (SSSR count). The predicted octanol–water partition coefficient (Wildman–Crippen LogP) is 3.89. The van der Waals surface area contributed by atoms with E-state index < -0.39 is 5.54 Å². The van der Waals surface area contributed by atoms with Gasteiger partial charge < -0.3 is 5.32 Å². The number of halogens is 2. The Morgan fingerprint density at radius 1 is 1.08 bits per heavy atom. The molecular formula is C18H14Cl2N2O2. The summed E-state index contributed by atoms with van der Waals surface area (Å²) in [4.78, 5) is 26.7. The first-order valence-electron chi connectivity index (χ1n) is 7.68. The average Bonchev–Trinajstić information content (AvgIpc) is 3.05. The molecule has 122 valence electrons. The normalized spacial score (nSPS) is 22.2. The van der Waals surface area contributed by atoms with Gasteiger partial charge in [0.05, 0.1) is 16.6 Å². The number of aryl methyl sites for hydroxylation is 1. The molecule has 1 aliphatic carbocycles. The summed E-state index contributed by atoms with van der Waals surface area (Å²) in [6.45, 7) is 0.172. The van der Waals surface area contributed by atoms with Gasteiger partial charge in [0.2, 0.25) is 0 Å². The van der Waals surface area contributed by atoms with Gasteiger partial charge in [0.1, 0.15) is 5.54 Å². The first-order chi connectivity index (χ1) is 11.5. The lowest BCUT2D eigenvalue weighted by Crippen LogP contribution is -2.41. The fourth-order valence-corrected chi connectivity index (χ4v) is 3.87. The Labute approximate surface area is 149 Å². The summed E-state index contributed by atoms with van der Waals surface area (Å²) in [5, 5.41) is 3.76. The summed E-state index contributed by atoms with van der Waals surface area (Å²) in [5.41, 5.74) is 1.85. The van der Waals surface area contributed by atoms with Crippen LogP contribution in [-0.4, -0.2) is 16.8 Å². The van der Waals surface area contributed by atoms with Crippen molar-refractivity contribution in [2.75, 3.05) is 0 Å². The van der Waals surface area contributed by atoms with Gasteiger partial charge in [-0.1, -0.05) is 53.5 Å². The molecule has 1 unspecified atom stereocenters. The molecule has 0 saturated carbocycles. The van der Waals surface area contributed by atoms with Gasteiger partial charge in [-0.15, -0.1) is 0 Å². The van der Waals surface area contributed by atoms with Crippen molar-refractivity contribution < 1.29 is 9.59 Å². The van der Waals surface area contributed by atoms with E-state index in [-0.39, 0.29) is 18.5 Å². The lowest BCUT2D eigenvalue weighted by molar-refractivity contribution is -0.132. The van der Waals surface area contributed by atoms with E-state index in [4.69, 9.17) is 23.2 Å². The van der Waals surface area contributed by atoms with Gasteiger partial charge in [-0.05, 0) is 41.7 Å². The summed E-state index contributed by atoms with van der Waals surface area (Å²) in [6.07, 6.45) is 1.37. The van der Waals surface area contributed by atoms with E-state index in [1.54, 1.807) is 18.2 Å². The van der Waals surface area contributed by atoms with E-state index in [1.165, 1.54) is 4.90 Å². The number of nitrogens with zero attached hydrogens (tertiary/aromatic N) is 1. The molecule has 2 aromatic rings. The van der Waals surface area contributed by atoms with Gasteiger partial charge in [-0.25, -0.2) is 4.79 Å². The number of hydrogen-bond acceptors (Lipinski definition) is 2. The van der Waals surface area contributed by atoms with Crippen LogP contribution in [0.15, 0.2) is 42.5 Å². The zero-order valence-corrected chi connectivity index (χ0v) is 14.2. The lowest BCUT2D eigenvalue weighted by atomic mass is 9.92. The third-order valence-electron chi connectivity index (χ3n) is 4.75. The number of imide groups is 1. The van der Waals surface area contributed by atoms with Crippen LogP contribution >= 0.6 is 23.2 Å². The first-order valence-corrected chi connectivity index (χ1v) is 8.43. The molecule has 24 heavy (non-hydrogen) atoms. The zero-order chi connectivity index (χ0) is 16.9. The quantitative estimate of drug-likeness (QED) is 0.826. The fourth-order valence-electron chi connectivity index (χ4n) is 3.55. The Morgan fingerprint density at radius 2 is 1.88 bits per heavy atom. The highest BCUT2D eigenvalue weighted by molar-refractivity contribution is 6.42. The van der Waals surface area contributed by atoms with Gasteiger partial charge in [-0.2, -0.15) is 0 Å². The number of amides is 3. The summed E-state index contributed by atoms with van der Waals surface area (Å²) in [7, 11) is 0. The molecule has 0 bridgehead atoms. The van der Waals surface area contributed by atoms with Crippen LogP contribution in [0.4, 0.5) is 4.79 Å². The highest BCUT2D eigenvalue weighted by atomic mass is 35.5. The SMILES string of the molecule is O=C1NC2(CCc3ccccc32)C(=O)N1Cc1ccc(Cl)c(Cl)c1. The molecule has 3 amide bonds. The van der Waals surface area contributed by atoms with Crippen molar-refractivity contribution in [2.45, 2.75) is 24.9 Å². The van der Waals surface area contributed by atoms with E-state index >= 15 is 0 Å². The Hall–Kier alpha value is -2.04. The molecule has 1 saturated heterocycles. The van der Waals surface area contributed by atoms with Gasteiger partial charge in [0, 0.05) is 0 Å². The number of carbonyl (C=O) groups is 2. The van der Waals surface area contributed by atoms with Gasteiger partial charge >= 0.3 is 6.03 Å². The van der Waals surface area contributed by atoms with Gasteiger partial charge in [0.25, 0.3) is 5.91 Å². The van der Waals surface area contributed by atoms with Crippen LogP contribution in [0.25, 0.3) is 0 Å². The molecule has 1 heterocycles. The second kappa shape index (κ2) is 5.50. The smallest absolute Gasteiger partial charge is 0.319 e. The molecule has 2 aromatic carbocycles. The molecule has 1 fully saturated rings. The molecular weight excluding hydrogens is 347 g/mol. The van der Waals surface area contributed by atoms with Crippen LogP contribution in [0.2, 0.25) is 10.0 Å². The minimum Gasteiger partial charge on any atom is -0.319 e. The van der Waals surface area contributed by atoms with Crippen molar-refractivity contribution >= 4 is 35.1 Å². The highest BCUT2D eigenvalue weighted by Crippen LogP contribution is 2.41. The van der Waals surface area contributed by atoms with Crippen molar-refractivity contribution in [3.8, 4) is 0 Å². The monoisotopic (exact) mass is 360 g/mol. The van der Waals surface area contributed by atoms with Gasteiger partial charge in [-0.3, -0.25) is 9.69 Å². The number of rotatable bonds is 2. The molecule has 1 N–H and O–H groups in total. The van der Waals surface area contributed by atoms with E-state index in [9.17, 15) is 9.59 Å². The minimum atomic E-state index is -0.927. The van der Waals surface area contributed by atoms with Crippen molar-refractivity contribution in [3.63, 3.8) is 0 Å². The molecule has 2 aliphatic rings. The fraction of sp³-hybridized carbons (Fsp3) is 0.222. The summed E-state index contributed by atoms with van der Waals surface area (Å²) in [6, 6.07) is 12.5. The first kappa shape index (κ1) is 15.5. The van der Waals surface area contributed by atoms with E-state index in [2.05, 4.69) is 5.32 Å². The van der Waals surface area contributed by atoms with Crippen LogP contribution in [0.3, 0.4) is 0 Å². The van der Waals surface area contributed by atoms with Crippen LogP contribution < -0.4 is 5.32 Å². The Balaban J connectivity index is 1.66. The summed E-state index contributed by atoms with van der Waals surface area (Å²) >= 11 is 11.9. The summed E-state index contributed by atoms with van der Waals surface area (Å²) < 4.78 is 0. The second-order valence-electron chi connectivity index (χ2n) is 6.13. The Morgan fingerprint density at radius 3 is 2.67 bits per heavy atom. The van der Waals surface area contributed by atoms with Crippen LogP contribution in [-0.2, 0) is 23.3 Å². The summed E-state index contributed by atoms with van der Waals surface area (Å²) in [5.74, 6) is -0.205. The molecule has 1 aliphatic heterocycles. The maximum atomic E-state index is 13.0. The van der Waals surface area contributed by atoms with Crippen LogP contribution in [0, 0.1) is 0 Å². The standard InChI is InChI=1S/C18H14Cl2N2O2/c19-14-6-5-11(9-15(14)20)10-22-16(23)18(21-17(22)24)8-7-12-3-1-2-4-13(12)18/h1-6,9H,7-8,10H2,(H,21,24). The van der Waals surface area contributed by atoms with E-state index in [0.717, 1.165) is 23.1 Å². The number of benzene rings is 2. The number of fused-ring (bicyclic) bond motifs is 2. The molecule has 1 atom stereocenters. The number of carbonyl (C=O) groups excluding carboxylic acids is 2. The van der Waals surface area contributed by atoms with Crippen molar-refractivity contribution in [3.05, 3.63) is 69.2 Å². The van der Waals surface area contributed by atoms with E-state index in [1.807, 2.05) is 24.3 Å². The van der Waals surface area contributed by atoms with E-state index in [0.29, 0.717) is 16.5 Å². The minimum absolute atomic E-state index is 0.172. The number of nitrogens with one attached hydrogen (secondary N) is 1. The largest absolute Gasteiger partial charge is 0.325 e. The maximum Gasteiger partial charge on any atom is 0.325 e. The molecule has 6 heteroatoms. The molecule has 1 spiro atoms. The van der Waals surface area contributed by atoms with Crippen molar-refractivity contribution in [2.24, 2.45) is 0 Å². The topological polar surface area (TPSA) is 49.4 Å². The molecule has 4 nitrogen and oxygen atoms in total. The van der Waals surface area contributed by atoms with Crippen LogP contribution in [0.5, 0.6) is 0 Å².